The molecule has 0 aromatic heterocycles. The fraction of sp³-hybridized carbons (Fsp3) is 0.500. The molecule has 1 saturated heterocycles. The van der Waals surface area contributed by atoms with Crippen LogP contribution in [0.4, 0.5) is 0 Å². The van der Waals surface area contributed by atoms with E-state index in [4.69, 9.17) is 0 Å². The van der Waals surface area contributed by atoms with Gasteiger partial charge in [0.25, 0.3) is 0 Å². The second kappa shape index (κ2) is 5.50. The Morgan fingerprint density at radius 3 is 2.89 bits per heavy atom. The number of hydrogen-bond donors (Lipinski definition) is 3. The molecule has 0 aliphatic carbocycles. The van der Waals surface area contributed by atoms with Gasteiger partial charge in [-0.25, -0.2) is 0 Å². The quantitative estimate of drug-likeness (QED) is 0.736. The van der Waals surface area contributed by atoms with Crippen LogP contribution in [0.15, 0.2) is 18.2 Å². The summed E-state index contributed by atoms with van der Waals surface area (Å²) >= 11 is 0. The van der Waals surface area contributed by atoms with E-state index in [1.165, 1.54) is 11.1 Å². The first-order valence-electron chi connectivity index (χ1n) is 6.31. The number of aliphatic hydroxyl groups excluding tert-OH is 1. The Morgan fingerprint density at radius 2 is 2.28 bits per heavy atom. The average molecular weight is 248 g/mol. The van der Waals surface area contributed by atoms with Crippen molar-refractivity contribution in [2.24, 2.45) is 0 Å². The summed E-state index contributed by atoms with van der Waals surface area (Å²) in [6, 6.07) is 5.94. The number of β-amino-alcohol motifs (C(OH)–C–C–N with tert-alkyl or cyclic N) is 1. The first-order valence-corrected chi connectivity index (χ1v) is 6.31. The Labute approximate surface area is 107 Å². The van der Waals surface area contributed by atoms with Gasteiger partial charge in [-0.3, -0.25) is 4.79 Å². The maximum Gasteiger partial charge on any atom is 0.237 e. The van der Waals surface area contributed by atoms with E-state index in [0.717, 1.165) is 5.56 Å². The zero-order valence-corrected chi connectivity index (χ0v) is 10.9. The molecule has 2 atom stereocenters. The normalized spacial score (nSPS) is 23.1. The summed E-state index contributed by atoms with van der Waals surface area (Å²) in [7, 11) is 0. The van der Waals surface area contributed by atoms with Crippen molar-refractivity contribution in [3.05, 3.63) is 34.9 Å². The fourth-order valence-corrected chi connectivity index (χ4v) is 2.27. The van der Waals surface area contributed by atoms with Crippen molar-refractivity contribution in [2.45, 2.75) is 39.0 Å². The lowest BCUT2D eigenvalue weighted by molar-refractivity contribution is -0.123. The summed E-state index contributed by atoms with van der Waals surface area (Å²) in [5, 5.41) is 15.3. The Morgan fingerprint density at radius 1 is 1.50 bits per heavy atom. The molecule has 0 spiro atoms. The van der Waals surface area contributed by atoms with Gasteiger partial charge in [0.15, 0.2) is 0 Å². The van der Waals surface area contributed by atoms with E-state index in [2.05, 4.69) is 23.6 Å². The highest BCUT2D eigenvalue weighted by atomic mass is 16.3. The summed E-state index contributed by atoms with van der Waals surface area (Å²) < 4.78 is 0. The monoisotopic (exact) mass is 248 g/mol. The van der Waals surface area contributed by atoms with E-state index in [0.29, 0.717) is 19.5 Å². The van der Waals surface area contributed by atoms with Crippen LogP contribution in [0, 0.1) is 13.8 Å². The number of aryl methyl sites for hydroxylation is 2. The minimum Gasteiger partial charge on any atom is -0.392 e. The first-order chi connectivity index (χ1) is 8.56. The van der Waals surface area contributed by atoms with Crippen molar-refractivity contribution in [1.82, 2.24) is 10.6 Å². The van der Waals surface area contributed by atoms with Gasteiger partial charge in [0.2, 0.25) is 5.91 Å². The first kappa shape index (κ1) is 13.1. The highest BCUT2D eigenvalue weighted by Gasteiger charge is 2.27. The van der Waals surface area contributed by atoms with Gasteiger partial charge >= 0.3 is 0 Å². The SMILES string of the molecule is Cc1ccc(CNC(=O)[C@@H]2C[C@H](O)CN2)c(C)c1. The molecule has 2 rings (SSSR count). The molecule has 4 heteroatoms. The molecule has 18 heavy (non-hydrogen) atoms. The van der Waals surface area contributed by atoms with Crippen LogP contribution in [-0.2, 0) is 11.3 Å². The summed E-state index contributed by atoms with van der Waals surface area (Å²) in [5.41, 5.74) is 3.55. The lowest BCUT2D eigenvalue weighted by atomic mass is 10.1. The number of nitrogens with one attached hydrogen (secondary N) is 2. The molecule has 1 amide bonds. The van der Waals surface area contributed by atoms with Crippen LogP contribution in [0.3, 0.4) is 0 Å². The lowest BCUT2D eigenvalue weighted by Gasteiger charge is -2.12. The predicted molar refractivity (Wildman–Crippen MR) is 70.2 cm³/mol. The molecule has 0 bridgehead atoms. The number of carbonyl (C=O) groups excluding carboxylic acids is 1. The average Bonchev–Trinajstić information content (AvgIpc) is 2.74. The highest BCUT2D eigenvalue weighted by molar-refractivity contribution is 5.82. The Balaban J connectivity index is 1.89. The van der Waals surface area contributed by atoms with Crippen molar-refractivity contribution in [1.29, 1.82) is 0 Å². The van der Waals surface area contributed by atoms with Gasteiger partial charge in [-0.2, -0.15) is 0 Å². The van der Waals surface area contributed by atoms with Gasteiger partial charge < -0.3 is 15.7 Å². The Bertz CT molecular complexity index is 445. The molecule has 1 heterocycles. The summed E-state index contributed by atoms with van der Waals surface area (Å²) in [5.74, 6) is -0.0356. The van der Waals surface area contributed by atoms with Crippen molar-refractivity contribution in [2.75, 3.05) is 6.54 Å². The molecule has 0 radical (unpaired) electrons. The topological polar surface area (TPSA) is 61.4 Å². The standard InChI is InChI=1S/C14H20N2O2/c1-9-3-4-11(10(2)5-9)7-16-14(18)13-6-12(17)8-15-13/h3-5,12-13,15,17H,6-8H2,1-2H3,(H,16,18)/t12-,13-/m0/s1. The number of amides is 1. The molecular weight excluding hydrogens is 228 g/mol. The maximum absolute atomic E-state index is 11.9. The Kier molecular flexibility index (Phi) is 3.99. The third-order valence-electron chi connectivity index (χ3n) is 3.38. The van der Waals surface area contributed by atoms with E-state index in [1.54, 1.807) is 0 Å². The van der Waals surface area contributed by atoms with Crippen molar-refractivity contribution in [3.63, 3.8) is 0 Å². The zero-order valence-electron chi connectivity index (χ0n) is 10.9. The van der Waals surface area contributed by atoms with Gasteiger partial charge in [-0.1, -0.05) is 23.8 Å². The van der Waals surface area contributed by atoms with Crippen LogP contribution in [0.25, 0.3) is 0 Å². The molecule has 1 aliphatic heterocycles. The van der Waals surface area contributed by atoms with Gasteiger partial charge in [-0.15, -0.1) is 0 Å². The molecule has 4 nitrogen and oxygen atoms in total. The number of benzene rings is 1. The van der Waals surface area contributed by atoms with E-state index in [-0.39, 0.29) is 11.9 Å². The van der Waals surface area contributed by atoms with Crippen LogP contribution < -0.4 is 10.6 Å². The lowest BCUT2D eigenvalue weighted by Crippen LogP contribution is -2.40. The third-order valence-corrected chi connectivity index (χ3v) is 3.38. The van der Waals surface area contributed by atoms with E-state index in [9.17, 15) is 9.90 Å². The smallest absolute Gasteiger partial charge is 0.237 e. The second-order valence-corrected chi connectivity index (χ2v) is 5.00. The molecule has 1 aliphatic rings. The Hall–Kier alpha value is -1.39. The molecule has 3 N–H and O–H groups in total. The van der Waals surface area contributed by atoms with Gasteiger partial charge in [0.05, 0.1) is 12.1 Å². The van der Waals surface area contributed by atoms with Gasteiger partial charge in [-0.05, 0) is 31.4 Å². The molecular formula is C14H20N2O2. The van der Waals surface area contributed by atoms with Crippen LogP contribution >= 0.6 is 0 Å². The summed E-state index contributed by atoms with van der Waals surface area (Å²) in [4.78, 5) is 11.9. The molecule has 0 saturated carbocycles. The van der Waals surface area contributed by atoms with Crippen LogP contribution in [0.5, 0.6) is 0 Å². The van der Waals surface area contributed by atoms with Gasteiger partial charge in [0.1, 0.15) is 0 Å². The molecule has 1 aromatic rings. The number of hydrogen-bond acceptors (Lipinski definition) is 3. The van der Waals surface area contributed by atoms with E-state index < -0.39 is 6.10 Å². The van der Waals surface area contributed by atoms with E-state index >= 15 is 0 Å². The van der Waals surface area contributed by atoms with Crippen molar-refractivity contribution in [3.8, 4) is 0 Å². The molecule has 1 aromatic carbocycles. The van der Waals surface area contributed by atoms with Crippen LogP contribution in [-0.4, -0.2) is 29.7 Å². The minimum absolute atomic E-state index is 0.0356. The van der Waals surface area contributed by atoms with Crippen molar-refractivity contribution >= 4 is 5.91 Å². The predicted octanol–water partition coefficient (Wildman–Crippen LogP) is 0.642. The summed E-state index contributed by atoms with van der Waals surface area (Å²) in [6.07, 6.45) is 0.0977. The highest BCUT2D eigenvalue weighted by Crippen LogP contribution is 2.11. The third kappa shape index (κ3) is 3.09. The number of rotatable bonds is 3. The molecule has 98 valence electrons. The van der Waals surface area contributed by atoms with E-state index in [1.807, 2.05) is 19.1 Å². The molecule has 1 fully saturated rings. The number of aliphatic hydroxyl groups is 1. The van der Waals surface area contributed by atoms with Crippen molar-refractivity contribution < 1.29 is 9.90 Å². The van der Waals surface area contributed by atoms with Crippen LogP contribution in [0.2, 0.25) is 0 Å². The fourth-order valence-electron chi connectivity index (χ4n) is 2.27. The maximum atomic E-state index is 11.9. The zero-order chi connectivity index (χ0) is 13.1. The summed E-state index contributed by atoms with van der Waals surface area (Å²) in [6.45, 7) is 5.14. The number of carbonyl (C=O) groups is 1. The van der Waals surface area contributed by atoms with Crippen LogP contribution in [0.1, 0.15) is 23.1 Å². The van der Waals surface area contributed by atoms with Gasteiger partial charge in [0, 0.05) is 13.1 Å². The minimum atomic E-state index is -0.401. The molecule has 0 unspecified atom stereocenters. The largest absolute Gasteiger partial charge is 0.392 e. The second-order valence-electron chi connectivity index (χ2n) is 5.00.